The second-order valence-corrected chi connectivity index (χ2v) is 7.07. The van der Waals surface area contributed by atoms with Gasteiger partial charge in [0.2, 0.25) is 6.10 Å². The maximum atomic E-state index is 12.8. The van der Waals surface area contributed by atoms with Crippen LogP contribution in [0.4, 0.5) is 0 Å². The van der Waals surface area contributed by atoms with Gasteiger partial charge in [-0.15, -0.1) is 0 Å². The molecule has 1 heterocycles. The first-order chi connectivity index (χ1) is 14.3. The van der Waals surface area contributed by atoms with Crippen LogP contribution in [0.15, 0.2) is 42.0 Å². The number of rotatable bonds is 8. The van der Waals surface area contributed by atoms with Crippen LogP contribution in [-0.4, -0.2) is 49.2 Å². The molecule has 0 saturated carbocycles. The Morgan fingerprint density at radius 3 is 2.47 bits per heavy atom. The fourth-order valence-electron chi connectivity index (χ4n) is 3.09. The van der Waals surface area contributed by atoms with E-state index in [1.165, 1.54) is 11.0 Å². The summed E-state index contributed by atoms with van der Waals surface area (Å²) in [6.07, 6.45) is 0.371. The highest BCUT2D eigenvalue weighted by Gasteiger charge is 2.28. The summed E-state index contributed by atoms with van der Waals surface area (Å²) in [6.45, 7) is 5.09. The van der Waals surface area contributed by atoms with Gasteiger partial charge in [-0.05, 0) is 31.6 Å². The van der Waals surface area contributed by atoms with Crippen LogP contribution in [0.25, 0.3) is 6.08 Å². The molecule has 1 amide bonds. The second kappa shape index (κ2) is 10.4. The van der Waals surface area contributed by atoms with Crippen molar-refractivity contribution >= 4 is 18.0 Å². The molecule has 0 unspecified atom stereocenters. The summed E-state index contributed by atoms with van der Waals surface area (Å²) in [5.41, 5.74) is 3.02. The van der Waals surface area contributed by atoms with Crippen LogP contribution in [0.3, 0.4) is 0 Å². The number of carbonyl (C=O) groups is 2. The Bertz CT molecular complexity index is 968. The highest BCUT2D eigenvalue weighted by Crippen LogP contribution is 2.23. The van der Waals surface area contributed by atoms with Gasteiger partial charge in [0, 0.05) is 44.7 Å². The number of hydrogen-bond acceptors (Lipinski definition) is 5. The second-order valence-electron chi connectivity index (χ2n) is 7.07. The zero-order valence-electron chi connectivity index (χ0n) is 18.0. The van der Waals surface area contributed by atoms with Crippen LogP contribution >= 0.6 is 0 Å². The molecule has 7 heteroatoms. The van der Waals surface area contributed by atoms with Gasteiger partial charge in [-0.3, -0.25) is 4.79 Å². The van der Waals surface area contributed by atoms with Crippen LogP contribution in [0.1, 0.15) is 28.6 Å². The van der Waals surface area contributed by atoms with Crippen LogP contribution in [0, 0.1) is 25.2 Å². The summed E-state index contributed by atoms with van der Waals surface area (Å²) in [6, 6.07) is 12.5. The van der Waals surface area contributed by atoms with Crippen LogP contribution in [0.2, 0.25) is 0 Å². The number of carbonyl (C=O) groups excluding carboxylic acids is 2. The van der Waals surface area contributed by atoms with E-state index in [2.05, 4.69) is 4.57 Å². The number of aromatic nitrogens is 1. The molecule has 0 N–H and O–H groups in total. The van der Waals surface area contributed by atoms with Gasteiger partial charge >= 0.3 is 5.97 Å². The van der Waals surface area contributed by atoms with Crippen molar-refractivity contribution in [3.05, 3.63) is 64.5 Å². The third-order valence-corrected chi connectivity index (χ3v) is 4.76. The maximum absolute atomic E-state index is 12.8. The van der Waals surface area contributed by atoms with Crippen LogP contribution in [0.5, 0.6) is 0 Å². The summed E-state index contributed by atoms with van der Waals surface area (Å²) in [5.74, 6) is -1.23. The normalized spacial score (nSPS) is 12.2. The smallest absolute Gasteiger partial charge is 0.350 e. The number of aryl methyl sites for hydroxylation is 1. The zero-order chi connectivity index (χ0) is 22.3. The summed E-state index contributed by atoms with van der Waals surface area (Å²) in [4.78, 5) is 26.7. The number of methoxy groups -OCH3 is 1. The average molecular weight is 409 g/mol. The SMILES string of the molecule is COCCn1c(C)cc(/C=C(\C#N)C(=O)O[C@H](C(=O)N(C)C)c2ccccc2)c1C. The van der Waals surface area contributed by atoms with Gasteiger partial charge < -0.3 is 18.9 Å². The van der Waals surface area contributed by atoms with E-state index in [9.17, 15) is 14.9 Å². The number of likely N-dealkylation sites (N-methyl/N-ethyl adjacent to an activating group) is 1. The molecule has 0 bridgehead atoms. The molecular weight excluding hydrogens is 382 g/mol. The van der Waals surface area contributed by atoms with Crippen molar-refractivity contribution in [3.63, 3.8) is 0 Å². The number of nitrogens with zero attached hydrogens (tertiary/aromatic N) is 3. The van der Waals surface area contributed by atoms with E-state index in [0.29, 0.717) is 18.7 Å². The van der Waals surface area contributed by atoms with Crippen LogP contribution in [-0.2, 0) is 25.6 Å². The van der Waals surface area contributed by atoms with Crippen molar-refractivity contribution in [1.29, 1.82) is 5.26 Å². The minimum atomic E-state index is -1.13. The Morgan fingerprint density at radius 1 is 1.23 bits per heavy atom. The summed E-state index contributed by atoms with van der Waals surface area (Å²) in [5, 5.41) is 9.56. The summed E-state index contributed by atoms with van der Waals surface area (Å²) < 4.78 is 12.7. The number of hydrogen-bond donors (Lipinski definition) is 0. The number of esters is 1. The Balaban J connectivity index is 2.33. The highest BCUT2D eigenvalue weighted by molar-refractivity contribution is 5.99. The molecule has 0 aliphatic heterocycles. The van der Waals surface area contributed by atoms with E-state index in [0.717, 1.165) is 17.0 Å². The molecule has 158 valence electrons. The van der Waals surface area contributed by atoms with Crippen molar-refractivity contribution in [3.8, 4) is 6.07 Å². The van der Waals surface area contributed by atoms with Gasteiger partial charge in [-0.1, -0.05) is 30.3 Å². The van der Waals surface area contributed by atoms with Crippen molar-refractivity contribution in [2.45, 2.75) is 26.5 Å². The predicted molar refractivity (Wildman–Crippen MR) is 113 cm³/mol. The topological polar surface area (TPSA) is 84.6 Å². The number of benzene rings is 1. The van der Waals surface area contributed by atoms with E-state index in [4.69, 9.17) is 9.47 Å². The highest BCUT2D eigenvalue weighted by atomic mass is 16.5. The summed E-state index contributed by atoms with van der Waals surface area (Å²) in [7, 11) is 4.81. The molecule has 1 aromatic heterocycles. The molecule has 0 radical (unpaired) electrons. The first-order valence-electron chi connectivity index (χ1n) is 9.54. The third kappa shape index (κ3) is 5.37. The predicted octanol–water partition coefficient (Wildman–Crippen LogP) is 3.03. The first-order valence-corrected chi connectivity index (χ1v) is 9.54. The molecule has 2 aromatic rings. The lowest BCUT2D eigenvalue weighted by Gasteiger charge is -2.21. The number of amides is 1. The molecule has 1 aromatic carbocycles. The van der Waals surface area contributed by atoms with Crippen molar-refractivity contribution in [2.75, 3.05) is 27.8 Å². The summed E-state index contributed by atoms with van der Waals surface area (Å²) >= 11 is 0. The van der Waals surface area contributed by atoms with Gasteiger partial charge in [0.15, 0.2) is 0 Å². The molecule has 0 spiro atoms. The molecule has 30 heavy (non-hydrogen) atoms. The molecule has 0 aliphatic carbocycles. The van der Waals surface area contributed by atoms with Crippen molar-refractivity contribution < 1.29 is 19.1 Å². The van der Waals surface area contributed by atoms with Crippen molar-refractivity contribution in [1.82, 2.24) is 9.47 Å². The van der Waals surface area contributed by atoms with E-state index in [1.54, 1.807) is 45.5 Å². The first kappa shape index (κ1) is 22.9. The van der Waals surface area contributed by atoms with Crippen molar-refractivity contribution in [2.24, 2.45) is 0 Å². The fourth-order valence-corrected chi connectivity index (χ4v) is 3.09. The monoisotopic (exact) mass is 409 g/mol. The average Bonchev–Trinajstić information content (AvgIpc) is 3.00. The van der Waals surface area contributed by atoms with Gasteiger partial charge in [0.25, 0.3) is 5.91 Å². The lowest BCUT2D eigenvalue weighted by atomic mass is 10.1. The minimum Gasteiger partial charge on any atom is -0.443 e. The molecule has 1 atom stereocenters. The third-order valence-electron chi connectivity index (χ3n) is 4.76. The van der Waals surface area contributed by atoms with Gasteiger partial charge in [-0.2, -0.15) is 5.26 Å². The van der Waals surface area contributed by atoms with E-state index in [1.807, 2.05) is 32.0 Å². The number of ether oxygens (including phenoxy) is 2. The largest absolute Gasteiger partial charge is 0.443 e. The minimum absolute atomic E-state index is 0.172. The molecule has 0 aliphatic rings. The quantitative estimate of drug-likeness (QED) is 0.380. The molecule has 2 rings (SSSR count). The standard InChI is InChI=1S/C23H27N3O4/c1-16-13-19(17(2)26(16)11-12-29-5)14-20(15-24)23(28)30-21(22(27)25(3)4)18-9-7-6-8-10-18/h6-10,13-14,21H,11-12H2,1-5H3/b20-14+/t21-/m0/s1. The van der Waals surface area contributed by atoms with E-state index in [-0.39, 0.29) is 11.5 Å². The fraction of sp³-hybridized carbons (Fsp3) is 0.348. The lowest BCUT2D eigenvalue weighted by molar-refractivity contribution is -0.156. The number of nitriles is 1. The molecule has 7 nitrogen and oxygen atoms in total. The maximum Gasteiger partial charge on any atom is 0.350 e. The Labute approximate surface area is 177 Å². The van der Waals surface area contributed by atoms with Gasteiger partial charge in [-0.25, -0.2) is 4.79 Å². The van der Waals surface area contributed by atoms with Crippen LogP contribution < -0.4 is 0 Å². The molecule has 0 saturated heterocycles. The van der Waals surface area contributed by atoms with E-state index < -0.39 is 12.1 Å². The van der Waals surface area contributed by atoms with E-state index >= 15 is 0 Å². The molecular formula is C23H27N3O4. The van der Waals surface area contributed by atoms with Gasteiger partial charge in [0.05, 0.1) is 6.61 Å². The Morgan fingerprint density at radius 2 is 1.90 bits per heavy atom. The zero-order valence-corrected chi connectivity index (χ0v) is 18.0. The molecule has 0 fully saturated rings. The Kier molecular flexibility index (Phi) is 7.96. The van der Waals surface area contributed by atoms with Gasteiger partial charge in [0.1, 0.15) is 11.6 Å². The lowest BCUT2D eigenvalue weighted by Crippen LogP contribution is -2.31. The Hall–Kier alpha value is -3.37.